The van der Waals surface area contributed by atoms with Gasteiger partial charge in [0.15, 0.2) is 0 Å². The lowest BCUT2D eigenvalue weighted by Crippen LogP contribution is -1.90. The molecule has 3 heteroatoms. The predicted octanol–water partition coefficient (Wildman–Crippen LogP) is 2.16. The molecule has 0 bridgehead atoms. The third-order valence-corrected chi connectivity index (χ3v) is 1.23. The van der Waals surface area contributed by atoms with Crippen molar-refractivity contribution in [2.45, 2.75) is 13.8 Å². The maximum Gasteiger partial charge on any atom is 0.213 e. The number of hydrogen-bond acceptors (Lipinski definition) is 3. The van der Waals surface area contributed by atoms with Gasteiger partial charge in [0.2, 0.25) is 5.88 Å². The SMILES string of the molecule is CC.CNc1ccc(OC)nc1. The van der Waals surface area contributed by atoms with Crippen molar-refractivity contribution in [3.8, 4) is 5.88 Å². The Kier molecular flexibility index (Phi) is 5.79. The minimum absolute atomic E-state index is 0.638. The van der Waals surface area contributed by atoms with Crippen molar-refractivity contribution >= 4 is 5.69 Å². The Labute approximate surface area is 73.8 Å². The molecule has 0 unspecified atom stereocenters. The van der Waals surface area contributed by atoms with Crippen LogP contribution in [0.4, 0.5) is 5.69 Å². The van der Waals surface area contributed by atoms with Crippen LogP contribution in [0, 0.1) is 0 Å². The Balaban J connectivity index is 0.000000561. The van der Waals surface area contributed by atoms with Crippen molar-refractivity contribution in [2.24, 2.45) is 0 Å². The Morgan fingerprint density at radius 2 is 2.00 bits per heavy atom. The van der Waals surface area contributed by atoms with Crippen LogP contribution in [0.25, 0.3) is 0 Å². The first-order valence-corrected chi connectivity index (χ1v) is 4.04. The summed E-state index contributed by atoms with van der Waals surface area (Å²) in [5.74, 6) is 0.638. The van der Waals surface area contributed by atoms with E-state index in [9.17, 15) is 0 Å². The molecule has 0 aliphatic carbocycles. The number of pyridine rings is 1. The van der Waals surface area contributed by atoms with E-state index in [1.807, 2.05) is 33.0 Å². The van der Waals surface area contributed by atoms with Gasteiger partial charge < -0.3 is 10.1 Å². The largest absolute Gasteiger partial charge is 0.481 e. The standard InChI is InChI=1S/C7H10N2O.C2H6/c1-8-6-3-4-7(10-2)9-5-6;1-2/h3-5,8H,1-2H3;1-2H3. The Hall–Kier alpha value is -1.25. The fourth-order valence-corrected chi connectivity index (χ4v) is 0.649. The van der Waals surface area contributed by atoms with Crippen molar-refractivity contribution in [3.05, 3.63) is 18.3 Å². The summed E-state index contributed by atoms with van der Waals surface area (Å²) >= 11 is 0. The number of ether oxygens (including phenoxy) is 1. The van der Waals surface area contributed by atoms with E-state index in [2.05, 4.69) is 10.3 Å². The van der Waals surface area contributed by atoms with Gasteiger partial charge in [-0.2, -0.15) is 0 Å². The molecule has 12 heavy (non-hydrogen) atoms. The predicted molar refractivity (Wildman–Crippen MR) is 51.7 cm³/mol. The summed E-state index contributed by atoms with van der Waals surface area (Å²) in [4.78, 5) is 3.98. The highest BCUT2D eigenvalue weighted by molar-refractivity contribution is 5.40. The zero-order valence-corrected chi connectivity index (χ0v) is 8.09. The van der Waals surface area contributed by atoms with Gasteiger partial charge >= 0.3 is 0 Å². The molecule has 1 rings (SSSR count). The monoisotopic (exact) mass is 168 g/mol. The van der Waals surface area contributed by atoms with Crippen LogP contribution in [-0.2, 0) is 0 Å². The zero-order valence-electron chi connectivity index (χ0n) is 8.09. The van der Waals surface area contributed by atoms with Crippen LogP contribution in [0.5, 0.6) is 5.88 Å². The fraction of sp³-hybridized carbons (Fsp3) is 0.444. The molecule has 0 spiro atoms. The lowest BCUT2D eigenvalue weighted by atomic mass is 10.4. The number of methoxy groups -OCH3 is 1. The summed E-state index contributed by atoms with van der Waals surface area (Å²) in [6.07, 6.45) is 1.72. The molecular formula is C9H16N2O. The molecule has 0 saturated heterocycles. The summed E-state index contributed by atoms with van der Waals surface area (Å²) in [5, 5.41) is 2.96. The van der Waals surface area contributed by atoms with E-state index in [1.165, 1.54) is 0 Å². The molecule has 1 aromatic rings. The topological polar surface area (TPSA) is 34.1 Å². The van der Waals surface area contributed by atoms with E-state index in [1.54, 1.807) is 13.3 Å². The molecule has 0 radical (unpaired) electrons. The Morgan fingerprint density at radius 1 is 1.33 bits per heavy atom. The van der Waals surface area contributed by atoms with Crippen LogP contribution in [0.2, 0.25) is 0 Å². The van der Waals surface area contributed by atoms with E-state index >= 15 is 0 Å². The number of hydrogen-bond donors (Lipinski definition) is 1. The Morgan fingerprint density at radius 3 is 2.33 bits per heavy atom. The van der Waals surface area contributed by atoms with Crippen LogP contribution >= 0.6 is 0 Å². The molecule has 0 aromatic carbocycles. The maximum atomic E-state index is 4.87. The molecule has 3 nitrogen and oxygen atoms in total. The number of rotatable bonds is 2. The van der Waals surface area contributed by atoms with Gasteiger partial charge in [0, 0.05) is 13.1 Å². The minimum Gasteiger partial charge on any atom is -0.481 e. The summed E-state index contributed by atoms with van der Waals surface area (Å²) in [6, 6.07) is 3.72. The van der Waals surface area contributed by atoms with Gasteiger partial charge in [-0.25, -0.2) is 4.98 Å². The maximum absolute atomic E-state index is 4.87. The molecule has 0 saturated carbocycles. The number of nitrogens with one attached hydrogen (secondary N) is 1. The van der Waals surface area contributed by atoms with Gasteiger partial charge in [-0.05, 0) is 6.07 Å². The van der Waals surface area contributed by atoms with E-state index in [0.717, 1.165) is 5.69 Å². The first-order valence-electron chi connectivity index (χ1n) is 4.04. The number of anilines is 1. The van der Waals surface area contributed by atoms with Crippen LogP contribution in [0.15, 0.2) is 18.3 Å². The fourth-order valence-electron chi connectivity index (χ4n) is 0.649. The van der Waals surface area contributed by atoms with Crippen molar-refractivity contribution in [1.29, 1.82) is 0 Å². The van der Waals surface area contributed by atoms with Gasteiger partial charge in [-0.15, -0.1) is 0 Å². The highest BCUT2D eigenvalue weighted by Gasteiger charge is 1.90. The second-order valence-corrected chi connectivity index (χ2v) is 1.84. The van der Waals surface area contributed by atoms with E-state index in [4.69, 9.17) is 4.74 Å². The van der Waals surface area contributed by atoms with Gasteiger partial charge in [0.1, 0.15) is 0 Å². The lowest BCUT2D eigenvalue weighted by Gasteiger charge is -1.99. The highest BCUT2D eigenvalue weighted by atomic mass is 16.5. The molecule has 0 amide bonds. The van der Waals surface area contributed by atoms with E-state index in [0.29, 0.717) is 5.88 Å². The van der Waals surface area contributed by atoms with Crippen molar-refractivity contribution in [1.82, 2.24) is 4.98 Å². The lowest BCUT2D eigenvalue weighted by molar-refractivity contribution is 0.398. The molecule has 1 heterocycles. The highest BCUT2D eigenvalue weighted by Crippen LogP contribution is 2.09. The summed E-state index contributed by atoms with van der Waals surface area (Å²) in [6.45, 7) is 4.00. The van der Waals surface area contributed by atoms with Gasteiger partial charge in [-0.1, -0.05) is 13.8 Å². The number of aromatic nitrogens is 1. The molecule has 1 aromatic heterocycles. The zero-order chi connectivity index (χ0) is 9.40. The average Bonchev–Trinajstić information content (AvgIpc) is 2.21. The van der Waals surface area contributed by atoms with Crippen LogP contribution in [0.3, 0.4) is 0 Å². The van der Waals surface area contributed by atoms with E-state index < -0.39 is 0 Å². The van der Waals surface area contributed by atoms with Crippen LogP contribution < -0.4 is 10.1 Å². The molecular weight excluding hydrogens is 152 g/mol. The first-order chi connectivity index (χ1) is 5.86. The average molecular weight is 168 g/mol. The van der Waals surface area contributed by atoms with Gasteiger partial charge in [0.25, 0.3) is 0 Å². The molecule has 0 aliphatic heterocycles. The Bertz CT molecular complexity index is 173. The van der Waals surface area contributed by atoms with Crippen molar-refractivity contribution in [2.75, 3.05) is 19.5 Å². The van der Waals surface area contributed by atoms with Gasteiger partial charge in [0.05, 0.1) is 19.0 Å². The second kappa shape index (κ2) is 6.46. The van der Waals surface area contributed by atoms with Crippen molar-refractivity contribution < 1.29 is 4.74 Å². The third-order valence-electron chi connectivity index (χ3n) is 1.23. The summed E-state index contributed by atoms with van der Waals surface area (Å²) in [7, 11) is 3.45. The van der Waals surface area contributed by atoms with E-state index in [-0.39, 0.29) is 0 Å². The normalized spacial score (nSPS) is 8.00. The summed E-state index contributed by atoms with van der Waals surface area (Å²) < 4.78 is 4.87. The van der Waals surface area contributed by atoms with Crippen LogP contribution in [0.1, 0.15) is 13.8 Å². The van der Waals surface area contributed by atoms with Crippen LogP contribution in [-0.4, -0.2) is 19.1 Å². The smallest absolute Gasteiger partial charge is 0.213 e. The van der Waals surface area contributed by atoms with Crippen molar-refractivity contribution in [3.63, 3.8) is 0 Å². The minimum atomic E-state index is 0.638. The summed E-state index contributed by atoms with van der Waals surface area (Å²) in [5.41, 5.74) is 0.987. The second-order valence-electron chi connectivity index (χ2n) is 1.84. The molecule has 0 fully saturated rings. The molecule has 68 valence electrons. The molecule has 1 N–H and O–H groups in total. The third kappa shape index (κ3) is 3.23. The molecule has 0 atom stereocenters. The van der Waals surface area contributed by atoms with Gasteiger partial charge in [-0.3, -0.25) is 0 Å². The quantitative estimate of drug-likeness (QED) is 0.734. The number of nitrogens with zero attached hydrogens (tertiary/aromatic N) is 1. The molecule has 0 aliphatic rings. The first kappa shape index (κ1) is 10.8.